The van der Waals surface area contributed by atoms with Gasteiger partial charge in [0.05, 0.1) is 0 Å². The molecule has 1 aromatic rings. The van der Waals surface area contributed by atoms with Crippen molar-refractivity contribution >= 4 is 12.0 Å². The van der Waals surface area contributed by atoms with Crippen LogP contribution in [0.4, 0.5) is 0 Å². The predicted molar refractivity (Wildman–Crippen MR) is 76.9 cm³/mol. The van der Waals surface area contributed by atoms with Gasteiger partial charge < -0.3 is 9.47 Å². The average Bonchev–Trinajstić information content (AvgIpc) is 2.50. The van der Waals surface area contributed by atoms with Gasteiger partial charge in [-0.1, -0.05) is 18.7 Å². The molecule has 0 fully saturated rings. The second kappa shape index (κ2) is 8.19. The van der Waals surface area contributed by atoms with Crippen LogP contribution in [0.2, 0.25) is 0 Å². The van der Waals surface area contributed by atoms with Gasteiger partial charge in [-0.25, -0.2) is 4.79 Å². The number of nitriles is 2. The second-order valence-corrected chi connectivity index (χ2v) is 4.12. The molecular formula is C16H14N2O3. The summed E-state index contributed by atoms with van der Waals surface area (Å²) in [6.07, 6.45) is 1.48. The van der Waals surface area contributed by atoms with Crippen molar-refractivity contribution in [2.24, 2.45) is 0 Å². The maximum atomic E-state index is 11.1. The van der Waals surface area contributed by atoms with Crippen molar-refractivity contribution in [2.75, 3.05) is 13.2 Å². The van der Waals surface area contributed by atoms with E-state index in [1.165, 1.54) is 6.08 Å². The molecule has 0 saturated carbocycles. The van der Waals surface area contributed by atoms with E-state index in [0.29, 0.717) is 11.3 Å². The number of carbonyl (C=O) groups is 1. The van der Waals surface area contributed by atoms with E-state index in [0.717, 1.165) is 5.56 Å². The number of ether oxygens (including phenoxy) is 2. The lowest BCUT2D eigenvalue weighted by Crippen LogP contribution is -2.12. The Hall–Kier alpha value is -3.05. The molecule has 5 nitrogen and oxygen atoms in total. The lowest BCUT2D eigenvalue weighted by Gasteiger charge is -2.07. The summed E-state index contributed by atoms with van der Waals surface area (Å²) < 4.78 is 10.3. The smallest absolute Gasteiger partial charge is 0.333 e. The van der Waals surface area contributed by atoms with E-state index in [1.807, 2.05) is 0 Å². The standard InChI is InChI=1S/C16H14N2O3/c1-12(2)16(19)21-8-7-20-15-5-3-13(4-6-15)9-14(10-17)11-18/h3-6,9H,1,7-8H2,2H3. The van der Waals surface area contributed by atoms with Crippen LogP contribution in [0, 0.1) is 22.7 Å². The van der Waals surface area contributed by atoms with E-state index in [1.54, 1.807) is 43.3 Å². The van der Waals surface area contributed by atoms with E-state index in [4.69, 9.17) is 20.0 Å². The quantitative estimate of drug-likeness (QED) is 0.346. The zero-order valence-electron chi connectivity index (χ0n) is 11.6. The minimum Gasteiger partial charge on any atom is -0.490 e. The maximum Gasteiger partial charge on any atom is 0.333 e. The van der Waals surface area contributed by atoms with Crippen LogP contribution in [0.1, 0.15) is 12.5 Å². The Balaban J connectivity index is 2.48. The molecule has 5 heteroatoms. The van der Waals surface area contributed by atoms with Crippen molar-refractivity contribution in [1.29, 1.82) is 10.5 Å². The first-order chi connectivity index (χ1) is 10.1. The molecule has 0 aromatic heterocycles. The fourth-order valence-corrected chi connectivity index (χ4v) is 1.33. The van der Waals surface area contributed by atoms with Crippen LogP contribution in [0.3, 0.4) is 0 Å². The normalized spacial score (nSPS) is 8.90. The number of hydrogen-bond donors (Lipinski definition) is 0. The molecular weight excluding hydrogens is 268 g/mol. The van der Waals surface area contributed by atoms with Crippen LogP contribution in [-0.2, 0) is 9.53 Å². The summed E-state index contributed by atoms with van der Waals surface area (Å²) in [6.45, 7) is 5.42. The highest BCUT2D eigenvalue weighted by Crippen LogP contribution is 2.14. The largest absolute Gasteiger partial charge is 0.490 e. The van der Waals surface area contributed by atoms with Crippen molar-refractivity contribution in [2.45, 2.75) is 6.92 Å². The van der Waals surface area contributed by atoms with Crippen molar-refractivity contribution in [3.63, 3.8) is 0 Å². The van der Waals surface area contributed by atoms with Gasteiger partial charge in [0, 0.05) is 5.57 Å². The van der Waals surface area contributed by atoms with E-state index in [2.05, 4.69) is 6.58 Å². The molecule has 0 aliphatic carbocycles. The number of carbonyl (C=O) groups excluding carboxylic acids is 1. The monoisotopic (exact) mass is 282 g/mol. The highest BCUT2D eigenvalue weighted by atomic mass is 16.6. The van der Waals surface area contributed by atoms with Crippen LogP contribution < -0.4 is 4.74 Å². The van der Waals surface area contributed by atoms with Gasteiger partial charge in [-0.2, -0.15) is 10.5 Å². The molecule has 0 spiro atoms. The summed E-state index contributed by atoms with van der Waals surface area (Å²) in [7, 11) is 0. The zero-order chi connectivity index (χ0) is 15.7. The minimum atomic E-state index is -0.445. The van der Waals surface area contributed by atoms with Gasteiger partial charge in [-0.3, -0.25) is 0 Å². The summed E-state index contributed by atoms with van der Waals surface area (Å²) in [5.74, 6) is 0.161. The highest BCUT2D eigenvalue weighted by Gasteiger charge is 2.02. The molecule has 0 unspecified atom stereocenters. The molecule has 0 bridgehead atoms. The third-order valence-corrected chi connectivity index (χ3v) is 2.37. The Morgan fingerprint density at radius 1 is 1.24 bits per heavy atom. The third kappa shape index (κ3) is 5.63. The molecule has 21 heavy (non-hydrogen) atoms. The number of nitrogens with zero attached hydrogens (tertiary/aromatic N) is 2. The summed E-state index contributed by atoms with van der Waals surface area (Å²) >= 11 is 0. The lowest BCUT2D eigenvalue weighted by atomic mass is 10.1. The number of allylic oxidation sites excluding steroid dienone is 1. The lowest BCUT2D eigenvalue weighted by molar-refractivity contribution is -0.139. The van der Waals surface area contributed by atoms with Crippen LogP contribution in [0.15, 0.2) is 42.0 Å². The summed E-state index contributed by atoms with van der Waals surface area (Å²) in [5.41, 5.74) is 1.11. The van der Waals surface area contributed by atoms with E-state index in [-0.39, 0.29) is 18.8 Å². The Morgan fingerprint density at radius 2 is 1.86 bits per heavy atom. The zero-order valence-corrected chi connectivity index (χ0v) is 11.6. The van der Waals surface area contributed by atoms with E-state index in [9.17, 15) is 4.79 Å². The van der Waals surface area contributed by atoms with Crippen LogP contribution in [0.5, 0.6) is 5.75 Å². The number of esters is 1. The molecule has 0 amide bonds. The average molecular weight is 282 g/mol. The van der Waals surface area contributed by atoms with Crippen molar-refractivity contribution in [3.05, 3.63) is 47.6 Å². The van der Waals surface area contributed by atoms with Gasteiger partial charge in [0.2, 0.25) is 0 Å². The topological polar surface area (TPSA) is 83.1 Å². The van der Waals surface area contributed by atoms with Crippen LogP contribution in [0.25, 0.3) is 6.08 Å². The summed E-state index contributed by atoms with van der Waals surface area (Å²) in [5, 5.41) is 17.3. The first kappa shape index (κ1) is 16.0. The summed E-state index contributed by atoms with van der Waals surface area (Å²) in [4.78, 5) is 11.1. The van der Waals surface area contributed by atoms with Crippen LogP contribution in [-0.4, -0.2) is 19.2 Å². The highest BCUT2D eigenvalue weighted by molar-refractivity contribution is 5.86. The van der Waals surface area contributed by atoms with Gasteiger partial charge in [0.1, 0.15) is 36.7 Å². The Morgan fingerprint density at radius 3 is 2.38 bits per heavy atom. The fraction of sp³-hybridized carbons (Fsp3) is 0.188. The maximum absolute atomic E-state index is 11.1. The molecule has 0 atom stereocenters. The van der Waals surface area contributed by atoms with Crippen molar-refractivity contribution < 1.29 is 14.3 Å². The van der Waals surface area contributed by atoms with Gasteiger partial charge in [-0.15, -0.1) is 0 Å². The molecule has 106 valence electrons. The molecule has 0 N–H and O–H groups in total. The molecule has 0 aliphatic rings. The first-order valence-corrected chi connectivity index (χ1v) is 6.14. The molecule has 1 aromatic carbocycles. The van der Waals surface area contributed by atoms with Gasteiger partial charge >= 0.3 is 5.97 Å². The van der Waals surface area contributed by atoms with E-state index >= 15 is 0 Å². The molecule has 0 aliphatic heterocycles. The van der Waals surface area contributed by atoms with Crippen molar-refractivity contribution in [1.82, 2.24) is 0 Å². The van der Waals surface area contributed by atoms with Gasteiger partial charge in [0.25, 0.3) is 0 Å². The molecule has 1 rings (SSSR count). The third-order valence-electron chi connectivity index (χ3n) is 2.37. The minimum absolute atomic E-state index is 0.0374. The molecule has 0 radical (unpaired) electrons. The molecule has 0 saturated heterocycles. The predicted octanol–water partition coefficient (Wildman–Crippen LogP) is 2.62. The number of rotatable bonds is 6. The van der Waals surface area contributed by atoms with E-state index < -0.39 is 5.97 Å². The Bertz CT molecular complexity index is 615. The number of benzene rings is 1. The van der Waals surface area contributed by atoms with Gasteiger partial charge in [-0.05, 0) is 30.7 Å². The van der Waals surface area contributed by atoms with Crippen LogP contribution >= 0.6 is 0 Å². The van der Waals surface area contributed by atoms with Crippen molar-refractivity contribution in [3.8, 4) is 17.9 Å². The first-order valence-electron chi connectivity index (χ1n) is 6.14. The Kier molecular flexibility index (Phi) is 6.24. The number of hydrogen-bond acceptors (Lipinski definition) is 5. The molecule has 0 heterocycles. The second-order valence-electron chi connectivity index (χ2n) is 4.12. The fourth-order valence-electron chi connectivity index (χ4n) is 1.33. The Labute approximate surface area is 123 Å². The SMILES string of the molecule is C=C(C)C(=O)OCCOc1ccc(C=C(C#N)C#N)cc1. The summed E-state index contributed by atoms with van der Waals surface area (Å²) in [6, 6.07) is 10.4. The van der Waals surface area contributed by atoms with Gasteiger partial charge in [0.15, 0.2) is 0 Å².